The molecule has 0 aliphatic heterocycles. The summed E-state index contributed by atoms with van der Waals surface area (Å²) in [4.78, 5) is 14.1. The Bertz CT molecular complexity index is 261. The zero-order valence-corrected chi connectivity index (χ0v) is 11.6. The lowest BCUT2D eigenvalue weighted by molar-refractivity contribution is -0.124. The third-order valence-electron chi connectivity index (χ3n) is 4.38. The highest BCUT2D eigenvalue weighted by atomic mass is 16.2. The van der Waals surface area contributed by atoms with Crippen molar-refractivity contribution in [3.63, 3.8) is 0 Å². The molecule has 1 aliphatic carbocycles. The van der Waals surface area contributed by atoms with E-state index in [0.29, 0.717) is 0 Å². The normalized spacial score (nSPS) is 21.8. The fraction of sp³-hybridized carbons (Fsp3) is 0.923. The van der Waals surface area contributed by atoms with Crippen LogP contribution in [0.4, 0.5) is 0 Å². The lowest BCUT2D eigenvalue weighted by Crippen LogP contribution is -2.59. The molecule has 0 heterocycles. The summed E-state index contributed by atoms with van der Waals surface area (Å²) in [6.07, 6.45) is 4.52. The van der Waals surface area contributed by atoms with E-state index in [2.05, 4.69) is 31.2 Å². The van der Waals surface area contributed by atoms with E-state index in [1.165, 1.54) is 19.3 Å². The molecule has 2 atom stereocenters. The number of hydrogen-bond donors (Lipinski definition) is 2. The molecule has 0 spiro atoms. The molecule has 0 saturated heterocycles. The average molecular weight is 241 g/mol. The number of amides is 1. The Morgan fingerprint density at radius 3 is 2.41 bits per heavy atom. The van der Waals surface area contributed by atoms with Gasteiger partial charge in [0.15, 0.2) is 0 Å². The first kappa shape index (κ1) is 14.5. The standard InChI is InChI=1S/C13H27N3O/c1-5-10(2)11(14)12(17)15-9-13(16(3)4)7-6-8-13/h10-11H,5-9,14H2,1-4H3,(H,15,17)/t10?,11-/m0/s1. The molecule has 17 heavy (non-hydrogen) atoms. The lowest BCUT2D eigenvalue weighted by Gasteiger charge is -2.47. The molecule has 1 amide bonds. The third kappa shape index (κ3) is 3.19. The monoisotopic (exact) mass is 241 g/mol. The summed E-state index contributed by atoms with van der Waals surface area (Å²) in [6, 6.07) is -0.376. The Morgan fingerprint density at radius 2 is 2.06 bits per heavy atom. The van der Waals surface area contributed by atoms with E-state index in [1.54, 1.807) is 0 Å². The van der Waals surface area contributed by atoms with Crippen molar-refractivity contribution in [3.05, 3.63) is 0 Å². The summed E-state index contributed by atoms with van der Waals surface area (Å²) >= 11 is 0. The molecule has 100 valence electrons. The number of carbonyl (C=O) groups is 1. The van der Waals surface area contributed by atoms with Crippen LogP contribution in [0.1, 0.15) is 39.5 Å². The number of carbonyl (C=O) groups excluding carboxylic acids is 1. The van der Waals surface area contributed by atoms with Crippen molar-refractivity contribution in [2.75, 3.05) is 20.6 Å². The number of nitrogens with zero attached hydrogens (tertiary/aromatic N) is 1. The number of nitrogens with two attached hydrogens (primary N) is 1. The highest BCUT2D eigenvalue weighted by Gasteiger charge is 2.39. The van der Waals surface area contributed by atoms with Crippen molar-refractivity contribution in [3.8, 4) is 0 Å². The van der Waals surface area contributed by atoms with Gasteiger partial charge >= 0.3 is 0 Å². The topological polar surface area (TPSA) is 58.4 Å². The van der Waals surface area contributed by atoms with Crippen LogP contribution in [-0.2, 0) is 4.79 Å². The minimum absolute atomic E-state index is 0.00697. The molecule has 1 aliphatic rings. The molecule has 0 bridgehead atoms. The quantitative estimate of drug-likeness (QED) is 0.728. The summed E-state index contributed by atoms with van der Waals surface area (Å²) in [5, 5.41) is 3.02. The van der Waals surface area contributed by atoms with Crippen LogP contribution in [0.3, 0.4) is 0 Å². The Kier molecular flexibility index (Phi) is 4.95. The second kappa shape index (κ2) is 5.83. The number of hydrogen-bond acceptors (Lipinski definition) is 3. The van der Waals surface area contributed by atoms with Gasteiger partial charge < -0.3 is 16.0 Å². The van der Waals surface area contributed by atoms with Gasteiger partial charge in [-0.1, -0.05) is 20.3 Å². The second-order valence-corrected chi connectivity index (χ2v) is 5.60. The molecule has 4 nitrogen and oxygen atoms in total. The highest BCUT2D eigenvalue weighted by Crippen LogP contribution is 2.35. The molecule has 1 unspecified atom stereocenters. The number of likely N-dealkylation sites (N-methyl/N-ethyl adjacent to an activating group) is 1. The summed E-state index contributed by atoms with van der Waals surface area (Å²) in [5.74, 6) is 0.235. The molecule has 0 aromatic carbocycles. The zero-order chi connectivity index (χ0) is 13.1. The second-order valence-electron chi connectivity index (χ2n) is 5.60. The van der Waals surface area contributed by atoms with Gasteiger partial charge in [0.25, 0.3) is 0 Å². The highest BCUT2D eigenvalue weighted by molar-refractivity contribution is 5.81. The van der Waals surface area contributed by atoms with Crippen molar-refractivity contribution >= 4 is 5.91 Å². The molecule has 3 N–H and O–H groups in total. The minimum Gasteiger partial charge on any atom is -0.353 e. The lowest BCUT2D eigenvalue weighted by atomic mass is 9.75. The van der Waals surface area contributed by atoms with Crippen LogP contribution in [0.25, 0.3) is 0 Å². The Morgan fingerprint density at radius 1 is 1.47 bits per heavy atom. The molecule has 0 radical (unpaired) electrons. The third-order valence-corrected chi connectivity index (χ3v) is 4.38. The number of nitrogens with one attached hydrogen (secondary N) is 1. The largest absolute Gasteiger partial charge is 0.353 e. The maximum Gasteiger partial charge on any atom is 0.237 e. The first-order valence-corrected chi connectivity index (χ1v) is 6.63. The van der Waals surface area contributed by atoms with Gasteiger partial charge in [-0.2, -0.15) is 0 Å². The molecule has 4 heteroatoms. The Balaban J connectivity index is 2.42. The molecular formula is C13H27N3O. The van der Waals surface area contributed by atoms with E-state index in [9.17, 15) is 4.79 Å². The van der Waals surface area contributed by atoms with Crippen LogP contribution in [0.2, 0.25) is 0 Å². The first-order chi connectivity index (χ1) is 7.93. The molecule has 1 fully saturated rings. The van der Waals surface area contributed by atoms with E-state index in [0.717, 1.165) is 13.0 Å². The predicted molar refractivity (Wildman–Crippen MR) is 70.7 cm³/mol. The van der Waals surface area contributed by atoms with Crippen molar-refractivity contribution < 1.29 is 4.79 Å². The van der Waals surface area contributed by atoms with E-state index in [1.807, 2.05) is 6.92 Å². The van der Waals surface area contributed by atoms with Gasteiger partial charge in [0, 0.05) is 12.1 Å². The van der Waals surface area contributed by atoms with Crippen LogP contribution in [-0.4, -0.2) is 43.0 Å². The molecule has 1 saturated carbocycles. The summed E-state index contributed by atoms with van der Waals surface area (Å²) in [6.45, 7) is 4.81. The maximum atomic E-state index is 11.9. The Hall–Kier alpha value is -0.610. The molecule has 0 aromatic heterocycles. The van der Waals surface area contributed by atoms with Gasteiger partial charge in [0.1, 0.15) is 0 Å². The minimum atomic E-state index is -0.376. The van der Waals surface area contributed by atoms with Crippen LogP contribution >= 0.6 is 0 Å². The van der Waals surface area contributed by atoms with Crippen LogP contribution in [0.15, 0.2) is 0 Å². The first-order valence-electron chi connectivity index (χ1n) is 6.63. The summed E-state index contributed by atoms with van der Waals surface area (Å²) in [7, 11) is 4.17. The van der Waals surface area contributed by atoms with Gasteiger partial charge in [-0.15, -0.1) is 0 Å². The van der Waals surface area contributed by atoms with Gasteiger partial charge in [-0.3, -0.25) is 4.79 Å². The van der Waals surface area contributed by atoms with Crippen molar-refractivity contribution in [1.82, 2.24) is 10.2 Å². The van der Waals surface area contributed by atoms with Crippen LogP contribution in [0.5, 0.6) is 0 Å². The van der Waals surface area contributed by atoms with E-state index < -0.39 is 0 Å². The summed E-state index contributed by atoms with van der Waals surface area (Å²) in [5.41, 5.74) is 6.08. The smallest absolute Gasteiger partial charge is 0.237 e. The van der Waals surface area contributed by atoms with Gasteiger partial charge in [-0.05, 0) is 39.3 Å². The van der Waals surface area contributed by atoms with Gasteiger partial charge in [0.05, 0.1) is 6.04 Å². The van der Waals surface area contributed by atoms with Gasteiger partial charge in [-0.25, -0.2) is 0 Å². The molecule has 0 aromatic rings. The van der Waals surface area contributed by atoms with Gasteiger partial charge in [0.2, 0.25) is 5.91 Å². The van der Waals surface area contributed by atoms with Crippen molar-refractivity contribution in [2.24, 2.45) is 11.7 Å². The SMILES string of the molecule is CCC(C)[C@H](N)C(=O)NCC1(N(C)C)CCC1. The zero-order valence-electron chi connectivity index (χ0n) is 11.6. The van der Waals surface area contributed by atoms with Crippen LogP contribution < -0.4 is 11.1 Å². The fourth-order valence-corrected chi connectivity index (χ4v) is 2.25. The van der Waals surface area contributed by atoms with Crippen LogP contribution in [0, 0.1) is 5.92 Å². The molecular weight excluding hydrogens is 214 g/mol. The average Bonchev–Trinajstić information content (AvgIpc) is 2.24. The molecule has 1 rings (SSSR count). The Labute approximate surface area is 105 Å². The van der Waals surface area contributed by atoms with E-state index >= 15 is 0 Å². The van der Waals surface area contributed by atoms with E-state index in [-0.39, 0.29) is 23.4 Å². The fourth-order valence-electron chi connectivity index (χ4n) is 2.25. The maximum absolute atomic E-state index is 11.9. The summed E-state index contributed by atoms with van der Waals surface area (Å²) < 4.78 is 0. The predicted octanol–water partition coefficient (Wildman–Crippen LogP) is 0.960. The van der Waals surface area contributed by atoms with Crippen molar-refractivity contribution in [2.45, 2.75) is 51.1 Å². The van der Waals surface area contributed by atoms with Crippen molar-refractivity contribution in [1.29, 1.82) is 0 Å². The van der Waals surface area contributed by atoms with E-state index in [4.69, 9.17) is 5.73 Å². The number of rotatable bonds is 6.